The Morgan fingerprint density at radius 3 is 2.49 bits per heavy atom. The van der Waals surface area contributed by atoms with Gasteiger partial charge in [0.1, 0.15) is 24.8 Å². The average Bonchev–Trinajstić information content (AvgIpc) is 3.38. The highest BCUT2D eigenvalue weighted by molar-refractivity contribution is 6.22. The zero-order chi connectivity index (χ0) is 24.9. The van der Waals surface area contributed by atoms with Crippen LogP contribution < -0.4 is 16.4 Å². The number of carbonyl (C=O) groups excluding carboxylic acids is 3. The molecule has 0 spiro atoms. The Morgan fingerprint density at radius 1 is 1.09 bits per heavy atom. The number of aromatic nitrogens is 2. The minimum Gasteiger partial charge on any atom is -0.366 e. The molecule has 2 amide bonds. The number of benzene rings is 1. The molecule has 1 saturated carbocycles. The predicted molar refractivity (Wildman–Crippen MR) is 127 cm³/mol. The molecule has 3 heterocycles. The molecule has 5 rings (SSSR count). The molecule has 2 aliphatic heterocycles. The number of hydrogen-bond acceptors (Lipinski definition) is 6. The van der Waals surface area contributed by atoms with Crippen molar-refractivity contribution in [3.05, 3.63) is 44.5 Å². The number of ketones is 1. The number of alkyl halides is 1. The summed E-state index contributed by atoms with van der Waals surface area (Å²) < 4.78 is 5.51. The summed E-state index contributed by atoms with van der Waals surface area (Å²) >= 11 is 6.40. The molecule has 2 aromatic rings. The molecule has 3 fully saturated rings. The number of nitrogens with zero attached hydrogens (tertiary/aromatic N) is 1. The van der Waals surface area contributed by atoms with E-state index in [1.807, 2.05) is 0 Å². The molecule has 3 N–H and O–H groups in total. The van der Waals surface area contributed by atoms with Crippen LogP contribution >= 0.6 is 11.6 Å². The van der Waals surface area contributed by atoms with Crippen LogP contribution in [0.1, 0.15) is 43.0 Å². The van der Waals surface area contributed by atoms with Crippen molar-refractivity contribution in [3.63, 3.8) is 0 Å². The highest BCUT2D eigenvalue weighted by Crippen LogP contribution is 2.35. The maximum absolute atomic E-state index is 13.8. The Balaban J connectivity index is 1.43. The molecule has 1 unspecified atom stereocenters. The third-order valence-electron chi connectivity index (χ3n) is 7.47. The maximum Gasteiger partial charge on any atom is 0.314 e. The average molecular weight is 503 g/mol. The van der Waals surface area contributed by atoms with Gasteiger partial charge in [-0.2, -0.15) is 0 Å². The molecule has 1 aromatic heterocycles. The molecular formula is C24H27ClN4O6. The molecule has 35 heavy (non-hydrogen) atoms. The molecule has 1 aromatic carbocycles. The molecule has 186 valence electrons. The van der Waals surface area contributed by atoms with Crippen LogP contribution in [0, 0.1) is 11.8 Å². The van der Waals surface area contributed by atoms with Gasteiger partial charge in [-0.05, 0) is 42.9 Å². The number of hydrogen-bond donors (Lipinski definition) is 3. The third kappa shape index (κ3) is 4.40. The van der Waals surface area contributed by atoms with E-state index in [1.165, 1.54) is 23.1 Å². The van der Waals surface area contributed by atoms with E-state index < -0.39 is 40.6 Å². The van der Waals surface area contributed by atoms with Crippen LogP contribution in [0.5, 0.6) is 0 Å². The number of halogens is 1. The number of nitrogens with one attached hydrogen (secondary N) is 3. The van der Waals surface area contributed by atoms with Gasteiger partial charge in [-0.15, -0.1) is 11.6 Å². The first-order valence-corrected chi connectivity index (χ1v) is 12.3. The Bertz CT molecular complexity index is 1300. The lowest BCUT2D eigenvalue weighted by atomic mass is 9.78. The molecule has 1 aliphatic carbocycles. The van der Waals surface area contributed by atoms with Crippen LogP contribution in [0.2, 0.25) is 0 Å². The normalized spacial score (nSPS) is 29.3. The predicted octanol–water partition coefficient (Wildman–Crippen LogP) is 0.927. The van der Waals surface area contributed by atoms with E-state index in [4.69, 9.17) is 16.3 Å². The molecule has 2 saturated heterocycles. The third-order valence-corrected chi connectivity index (χ3v) is 7.86. The van der Waals surface area contributed by atoms with Crippen molar-refractivity contribution in [2.45, 2.75) is 56.2 Å². The molecule has 10 nitrogen and oxygen atoms in total. The first-order chi connectivity index (χ1) is 16.7. The van der Waals surface area contributed by atoms with E-state index >= 15 is 0 Å². The van der Waals surface area contributed by atoms with Crippen molar-refractivity contribution in [3.8, 4) is 0 Å². The second kappa shape index (κ2) is 9.23. The largest absolute Gasteiger partial charge is 0.366 e. The fourth-order valence-corrected chi connectivity index (χ4v) is 5.84. The quantitative estimate of drug-likeness (QED) is 0.419. The van der Waals surface area contributed by atoms with Crippen molar-refractivity contribution in [1.29, 1.82) is 0 Å². The van der Waals surface area contributed by atoms with Crippen molar-refractivity contribution >= 4 is 40.2 Å². The summed E-state index contributed by atoms with van der Waals surface area (Å²) in [7, 11) is 0. The summed E-state index contributed by atoms with van der Waals surface area (Å²) in [6.45, 7) is 2.28. The number of H-pyrrole nitrogens is 2. The summed E-state index contributed by atoms with van der Waals surface area (Å²) in [6, 6.07) is 2.96. The van der Waals surface area contributed by atoms with Crippen molar-refractivity contribution in [1.82, 2.24) is 20.2 Å². The van der Waals surface area contributed by atoms with Gasteiger partial charge in [-0.3, -0.25) is 24.0 Å². The van der Waals surface area contributed by atoms with Crippen LogP contribution in [0.25, 0.3) is 11.0 Å². The number of amides is 2. The molecule has 11 heteroatoms. The second-order valence-electron chi connectivity index (χ2n) is 9.83. The van der Waals surface area contributed by atoms with Gasteiger partial charge in [0.25, 0.3) is 5.91 Å². The van der Waals surface area contributed by atoms with E-state index in [0.29, 0.717) is 17.0 Å². The van der Waals surface area contributed by atoms with Gasteiger partial charge >= 0.3 is 11.1 Å². The van der Waals surface area contributed by atoms with E-state index in [-0.39, 0.29) is 36.3 Å². The highest BCUT2D eigenvalue weighted by atomic mass is 35.5. The molecule has 0 bridgehead atoms. The first-order valence-electron chi connectivity index (χ1n) is 11.9. The number of aromatic amines is 2. The van der Waals surface area contributed by atoms with Gasteiger partial charge < -0.3 is 24.9 Å². The summed E-state index contributed by atoms with van der Waals surface area (Å²) in [6.07, 6.45) is 2.92. The minimum atomic E-state index is -0.823. The lowest BCUT2D eigenvalue weighted by molar-refractivity contribution is -0.139. The summed E-state index contributed by atoms with van der Waals surface area (Å²) in [4.78, 5) is 69.2. The first kappa shape index (κ1) is 23.7. The molecule has 0 radical (unpaired) electrons. The van der Waals surface area contributed by atoms with E-state index in [2.05, 4.69) is 22.2 Å². The summed E-state index contributed by atoms with van der Waals surface area (Å²) in [5.41, 5.74) is -0.674. The van der Waals surface area contributed by atoms with Gasteiger partial charge in [-0.1, -0.05) is 19.8 Å². The molecule has 4 atom stereocenters. The Kier molecular flexibility index (Phi) is 6.27. The van der Waals surface area contributed by atoms with Gasteiger partial charge in [-0.25, -0.2) is 0 Å². The van der Waals surface area contributed by atoms with Crippen LogP contribution in [-0.2, 0) is 14.3 Å². The smallest absolute Gasteiger partial charge is 0.314 e. The van der Waals surface area contributed by atoms with Crippen molar-refractivity contribution in [2.75, 3.05) is 13.2 Å². The Morgan fingerprint density at radius 2 is 1.77 bits per heavy atom. The summed E-state index contributed by atoms with van der Waals surface area (Å²) in [5, 5.41) is 2.42. The molecule has 3 aliphatic rings. The fourth-order valence-electron chi connectivity index (χ4n) is 5.48. The van der Waals surface area contributed by atoms with Gasteiger partial charge in [0, 0.05) is 12.1 Å². The van der Waals surface area contributed by atoms with Crippen LogP contribution in [0.15, 0.2) is 27.8 Å². The number of rotatable bonds is 4. The van der Waals surface area contributed by atoms with Crippen LogP contribution in [-0.4, -0.2) is 69.2 Å². The van der Waals surface area contributed by atoms with E-state index in [1.54, 1.807) is 0 Å². The molecular weight excluding hydrogens is 476 g/mol. The fraction of sp³-hybridized carbons (Fsp3) is 0.542. The SMILES string of the molecule is C[C@H]1CC[C@H](C(NC(=O)c2ccc3[nH]c(=O)c(=O)[nH]c3c2)C(=O)N2C[C@H](Cl)[C@H]3OCC(=O)[C@H]32)CC1. The van der Waals surface area contributed by atoms with Crippen LogP contribution in [0.3, 0.4) is 0 Å². The van der Waals surface area contributed by atoms with Gasteiger partial charge in [0.15, 0.2) is 5.78 Å². The lowest BCUT2D eigenvalue weighted by Gasteiger charge is -2.35. The minimum absolute atomic E-state index is 0.0717. The topological polar surface area (TPSA) is 141 Å². The van der Waals surface area contributed by atoms with Crippen molar-refractivity contribution < 1.29 is 19.1 Å². The monoisotopic (exact) mass is 502 g/mol. The number of carbonyl (C=O) groups is 3. The highest BCUT2D eigenvalue weighted by Gasteiger charge is 2.53. The zero-order valence-corrected chi connectivity index (χ0v) is 20.0. The number of fused-ring (bicyclic) bond motifs is 2. The second-order valence-corrected chi connectivity index (χ2v) is 10.4. The summed E-state index contributed by atoms with van der Waals surface area (Å²) in [5.74, 6) is -0.521. The zero-order valence-electron chi connectivity index (χ0n) is 19.2. The maximum atomic E-state index is 13.8. The number of ether oxygens (including phenoxy) is 1. The van der Waals surface area contributed by atoms with Gasteiger partial charge in [0.05, 0.1) is 16.4 Å². The Labute approximate surface area is 205 Å². The number of Topliss-reactive ketones (excluding diaryl/α,β-unsaturated/α-hetero) is 1. The van der Waals surface area contributed by atoms with E-state index in [9.17, 15) is 24.0 Å². The van der Waals surface area contributed by atoms with Crippen LogP contribution in [0.4, 0.5) is 0 Å². The van der Waals surface area contributed by atoms with Crippen molar-refractivity contribution in [2.24, 2.45) is 11.8 Å². The standard InChI is InChI=1S/C24H27ClN4O6/c1-11-2-4-12(5-3-11)18(24(34)29-9-14(25)20-19(29)17(30)10-35-20)28-21(31)13-6-7-15-16(8-13)27-23(33)22(32)26-15/h6-8,11-12,14,18-20H,2-5,9-10H2,1H3,(H,26,32)(H,27,33)(H,28,31)/t11-,12-,14-,18?,19+,20+/m0/s1. The van der Waals surface area contributed by atoms with Gasteiger partial charge in [0.2, 0.25) is 5.91 Å². The number of likely N-dealkylation sites (tertiary alicyclic amines) is 1. The van der Waals surface area contributed by atoms with E-state index in [0.717, 1.165) is 25.7 Å². The lowest BCUT2D eigenvalue weighted by Crippen LogP contribution is -2.55. The Hall–Kier alpha value is -2.98.